The van der Waals surface area contributed by atoms with E-state index in [1.54, 1.807) is 4.90 Å². The van der Waals surface area contributed by atoms with E-state index in [4.69, 9.17) is 0 Å². The molecule has 0 N–H and O–H groups in total. The number of carbonyl (C=O) groups is 2. The molecule has 2 aromatic carbocycles. The number of benzene rings is 2. The van der Waals surface area contributed by atoms with Gasteiger partial charge < -0.3 is 9.80 Å². The second-order valence-electron chi connectivity index (χ2n) is 6.59. The summed E-state index contributed by atoms with van der Waals surface area (Å²) in [7, 11) is 1.84. The fourth-order valence-corrected chi connectivity index (χ4v) is 3.73. The molecular formula is C20H20N2O2. The molecule has 0 radical (unpaired) electrons. The molecule has 0 atom stereocenters. The maximum Gasteiger partial charge on any atom is 0.253 e. The largest absolute Gasteiger partial charge is 0.337 e. The third kappa shape index (κ3) is 2.48. The molecule has 0 aliphatic carbocycles. The Kier molecular flexibility index (Phi) is 3.60. The van der Waals surface area contributed by atoms with Crippen LogP contribution in [0.25, 0.3) is 0 Å². The molecule has 122 valence electrons. The van der Waals surface area contributed by atoms with E-state index in [9.17, 15) is 9.59 Å². The summed E-state index contributed by atoms with van der Waals surface area (Å²) in [6, 6.07) is 14.0. The summed E-state index contributed by atoms with van der Waals surface area (Å²) in [6.45, 7) is 1.34. The fourth-order valence-electron chi connectivity index (χ4n) is 3.73. The highest BCUT2D eigenvalue weighted by atomic mass is 16.2. The molecule has 4 nitrogen and oxygen atoms in total. The van der Waals surface area contributed by atoms with Crippen molar-refractivity contribution in [3.05, 3.63) is 64.7 Å². The minimum absolute atomic E-state index is 0.0354. The molecule has 4 rings (SSSR count). The van der Waals surface area contributed by atoms with E-state index in [1.165, 1.54) is 0 Å². The first-order valence-electron chi connectivity index (χ1n) is 8.39. The number of aryl methyl sites for hydroxylation is 1. The van der Waals surface area contributed by atoms with Crippen molar-refractivity contribution in [2.45, 2.75) is 25.8 Å². The van der Waals surface area contributed by atoms with E-state index in [2.05, 4.69) is 0 Å². The van der Waals surface area contributed by atoms with Gasteiger partial charge in [0.15, 0.2) is 0 Å². The molecule has 0 saturated heterocycles. The van der Waals surface area contributed by atoms with Crippen LogP contribution in [0.3, 0.4) is 0 Å². The van der Waals surface area contributed by atoms with Crippen LogP contribution in [-0.2, 0) is 24.2 Å². The van der Waals surface area contributed by atoms with E-state index in [1.807, 2.05) is 54.4 Å². The average molecular weight is 320 g/mol. The van der Waals surface area contributed by atoms with Crippen LogP contribution in [-0.4, -0.2) is 30.3 Å². The first-order chi connectivity index (χ1) is 11.6. The molecule has 2 aromatic rings. The van der Waals surface area contributed by atoms with Gasteiger partial charge in [-0.2, -0.15) is 0 Å². The summed E-state index contributed by atoms with van der Waals surface area (Å²) in [4.78, 5) is 28.5. The van der Waals surface area contributed by atoms with E-state index in [-0.39, 0.29) is 11.8 Å². The van der Waals surface area contributed by atoms with Gasteiger partial charge in [0.1, 0.15) is 0 Å². The Morgan fingerprint density at radius 3 is 2.54 bits per heavy atom. The summed E-state index contributed by atoms with van der Waals surface area (Å²) in [5, 5.41) is 0. The Balaban J connectivity index is 1.61. The highest BCUT2D eigenvalue weighted by molar-refractivity contribution is 6.01. The zero-order valence-corrected chi connectivity index (χ0v) is 13.8. The van der Waals surface area contributed by atoms with Gasteiger partial charge in [0, 0.05) is 32.1 Å². The van der Waals surface area contributed by atoms with Crippen LogP contribution in [0.4, 0.5) is 5.69 Å². The lowest BCUT2D eigenvalue weighted by molar-refractivity contribution is -0.118. The van der Waals surface area contributed by atoms with Crippen molar-refractivity contribution in [3.63, 3.8) is 0 Å². The molecule has 4 heteroatoms. The molecule has 2 aliphatic rings. The van der Waals surface area contributed by atoms with Gasteiger partial charge in [0.05, 0.1) is 5.69 Å². The van der Waals surface area contributed by atoms with E-state index < -0.39 is 0 Å². The Morgan fingerprint density at radius 2 is 1.79 bits per heavy atom. The molecule has 0 unspecified atom stereocenters. The molecule has 0 fully saturated rings. The monoisotopic (exact) mass is 320 g/mol. The van der Waals surface area contributed by atoms with Gasteiger partial charge in [-0.05, 0) is 41.7 Å². The standard InChI is InChI=1S/C20H20N2O2/c1-21(13-14-5-3-2-4-6-14)20(24)17-11-15-7-8-18(23)22-10-9-16(12-17)19(15)22/h2-6,11-12H,7-10,13H2,1H3. The minimum atomic E-state index is 0.0354. The lowest BCUT2D eigenvalue weighted by Gasteiger charge is -2.26. The van der Waals surface area contributed by atoms with Gasteiger partial charge >= 0.3 is 0 Å². The summed E-state index contributed by atoms with van der Waals surface area (Å²) >= 11 is 0. The molecule has 0 aromatic heterocycles. The smallest absolute Gasteiger partial charge is 0.253 e. The minimum Gasteiger partial charge on any atom is -0.337 e. The first-order valence-corrected chi connectivity index (χ1v) is 8.39. The lowest BCUT2D eigenvalue weighted by Crippen LogP contribution is -2.33. The summed E-state index contributed by atoms with van der Waals surface area (Å²) in [5.74, 6) is 0.245. The summed E-state index contributed by atoms with van der Waals surface area (Å²) in [5.41, 5.74) is 5.19. The van der Waals surface area contributed by atoms with Crippen molar-refractivity contribution in [2.75, 3.05) is 18.5 Å². The van der Waals surface area contributed by atoms with Gasteiger partial charge in [0.2, 0.25) is 5.91 Å². The Labute approximate surface area is 141 Å². The number of carbonyl (C=O) groups excluding carboxylic acids is 2. The van der Waals surface area contributed by atoms with Crippen LogP contribution in [0.5, 0.6) is 0 Å². The first kappa shape index (κ1) is 14.9. The highest BCUT2D eigenvalue weighted by Crippen LogP contribution is 2.37. The van der Waals surface area contributed by atoms with E-state index in [0.717, 1.165) is 47.3 Å². The van der Waals surface area contributed by atoms with Crippen LogP contribution >= 0.6 is 0 Å². The van der Waals surface area contributed by atoms with Gasteiger partial charge in [-0.3, -0.25) is 9.59 Å². The molecule has 24 heavy (non-hydrogen) atoms. The predicted octanol–water partition coefficient (Wildman–Crippen LogP) is 2.79. The van der Waals surface area contributed by atoms with Crippen LogP contribution < -0.4 is 4.90 Å². The van der Waals surface area contributed by atoms with Crippen LogP contribution in [0.2, 0.25) is 0 Å². The third-order valence-electron chi connectivity index (χ3n) is 4.91. The van der Waals surface area contributed by atoms with Crippen molar-refractivity contribution < 1.29 is 9.59 Å². The van der Waals surface area contributed by atoms with Gasteiger partial charge in [0.25, 0.3) is 5.91 Å². The van der Waals surface area contributed by atoms with E-state index >= 15 is 0 Å². The lowest BCUT2D eigenvalue weighted by atomic mass is 9.96. The Morgan fingerprint density at radius 1 is 1.08 bits per heavy atom. The number of rotatable bonds is 3. The predicted molar refractivity (Wildman–Crippen MR) is 93.1 cm³/mol. The van der Waals surface area contributed by atoms with Crippen molar-refractivity contribution in [1.29, 1.82) is 0 Å². The maximum absolute atomic E-state index is 12.8. The summed E-state index contributed by atoms with van der Waals surface area (Å²) < 4.78 is 0. The van der Waals surface area contributed by atoms with Gasteiger partial charge in [-0.1, -0.05) is 30.3 Å². The Hall–Kier alpha value is -2.62. The van der Waals surface area contributed by atoms with Crippen LogP contribution in [0.1, 0.15) is 33.5 Å². The van der Waals surface area contributed by atoms with Crippen LogP contribution in [0.15, 0.2) is 42.5 Å². The topological polar surface area (TPSA) is 40.6 Å². The average Bonchev–Trinajstić information content (AvgIpc) is 3.03. The molecular weight excluding hydrogens is 300 g/mol. The van der Waals surface area contributed by atoms with Gasteiger partial charge in [-0.25, -0.2) is 0 Å². The number of amides is 2. The third-order valence-corrected chi connectivity index (χ3v) is 4.91. The summed E-state index contributed by atoms with van der Waals surface area (Å²) in [6.07, 6.45) is 2.13. The molecule has 0 bridgehead atoms. The number of hydrogen-bond acceptors (Lipinski definition) is 2. The number of hydrogen-bond donors (Lipinski definition) is 0. The molecule has 0 spiro atoms. The second kappa shape index (κ2) is 5.78. The molecule has 0 saturated carbocycles. The highest BCUT2D eigenvalue weighted by Gasteiger charge is 2.32. The quantitative estimate of drug-likeness (QED) is 0.872. The van der Waals surface area contributed by atoms with Crippen molar-refractivity contribution in [1.82, 2.24) is 4.90 Å². The van der Waals surface area contributed by atoms with Crippen molar-refractivity contribution in [3.8, 4) is 0 Å². The zero-order valence-electron chi connectivity index (χ0n) is 13.8. The molecule has 2 amide bonds. The second-order valence-corrected chi connectivity index (χ2v) is 6.59. The van der Waals surface area contributed by atoms with Gasteiger partial charge in [-0.15, -0.1) is 0 Å². The van der Waals surface area contributed by atoms with E-state index in [0.29, 0.717) is 13.0 Å². The SMILES string of the molecule is CN(Cc1ccccc1)C(=O)c1cc2c3c(c1)CCN3C(=O)CC2. The molecule has 2 heterocycles. The molecule has 2 aliphatic heterocycles. The number of nitrogens with zero attached hydrogens (tertiary/aromatic N) is 2. The zero-order chi connectivity index (χ0) is 16.7. The Bertz CT molecular complexity index is 814. The van der Waals surface area contributed by atoms with Crippen molar-refractivity contribution in [2.24, 2.45) is 0 Å². The number of anilines is 1. The maximum atomic E-state index is 12.8. The normalized spacial score (nSPS) is 15.4. The fraction of sp³-hybridized carbons (Fsp3) is 0.300. The van der Waals surface area contributed by atoms with Crippen LogP contribution in [0, 0.1) is 0 Å². The van der Waals surface area contributed by atoms with Crippen molar-refractivity contribution >= 4 is 17.5 Å².